The maximum absolute atomic E-state index is 6.96. The van der Waals surface area contributed by atoms with Gasteiger partial charge in [0.05, 0.1) is 18.6 Å². The summed E-state index contributed by atoms with van der Waals surface area (Å²) in [5.41, 5.74) is 2.37. The zero-order valence-corrected chi connectivity index (χ0v) is 18.7. The summed E-state index contributed by atoms with van der Waals surface area (Å²) in [6.45, 7) is 11.2. The third-order valence-electron chi connectivity index (χ3n) is 4.69. The van der Waals surface area contributed by atoms with Crippen LogP contribution in [0.4, 0.5) is 0 Å². The molecule has 4 heteroatoms. The van der Waals surface area contributed by atoms with Crippen LogP contribution in [0.15, 0.2) is 48.5 Å². The molecule has 28 heavy (non-hydrogen) atoms. The summed E-state index contributed by atoms with van der Waals surface area (Å²) in [6.07, 6.45) is 1.45. The van der Waals surface area contributed by atoms with Gasteiger partial charge in [-0.1, -0.05) is 52.0 Å². The number of hydrogen-bond donors (Lipinski definition) is 0. The molecule has 154 valence electrons. The fourth-order valence-electron chi connectivity index (χ4n) is 3.26. The fraction of sp³-hybridized carbons (Fsp3) is 0.500. The summed E-state index contributed by atoms with van der Waals surface area (Å²) in [5, 5.41) is 0. The molecule has 2 aromatic carbocycles. The highest BCUT2D eigenvalue weighted by atomic mass is 35.5. The minimum absolute atomic E-state index is 0.163. The molecule has 0 aromatic heterocycles. The summed E-state index contributed by atoms with van der Waals surface area (Å²) in [6, 6.07) is 15.9. The van der Waals surface area contributed by atoms with Gasteiger partial charge in [0.25, 0.3) is 0 Å². The van der Waals surface area contributed by atoms with Crippen LogP contribution in [0.2, 0.25) is 0 Å². The molecular weight excluding hydrogens is 372 g/mol. The highest BCUT2D eigenvalue weighted by Crippen LogP contribution is 2.43. The van der Waals surface area contributed by atoms with Gasteiger partial charge < -0.3 is 14.2 Å². The van der Waals surface area contributed by atoms with E-state index in [0.717, 1.165) is 35.5 Å². The van der Waals surface area contributed by atoms with E-state index >= 15 is 0 Å². The number of benzene rings is 2. The summed E-state index contributed by atoms with van der Waals surface area (Å²) >= 11 is 6.96. The van der Waals surface area contributed by atoms with Crippen molar-refractivity contribution in [3.63, 3.8) is 0 Å². The smallest absolute Gasteiger partial charge is 0.197 e. The van der Waals surface area contributed by atoms with Crippen molar-refractivity contribution in [1.29, 1.82) is 0 Å². The Balaban J connectivity index is 1.93. The monoisotopic (exact) mass is 404 g/mol. The highest BCUT2D eigenvalue weighted by molar-refractivity contribution is 6.24. The molecule has 0 heterocycles. The van der Waals surface area contributed by atoms with Crippen LogP contribution in [0.3, 0.4) is 0 Å². The molecule has 0 saturated carbocycles. The molecule has 0 aliphatic carbocycles. The maximum atomic E-state index is 6.96. The Hall–Kier alpha value is -1.71. The third kappa shape index (κ3) is 6.72. The molecule has 0 spiro atoms. The average molecular weight is 405 g/mol. The standard InChI is InChI=1S/C24H33ClO3/c1-7-24(25,17-23(3,4)5)20-10-14-22(15-11-20)28-18(2)27-16-19-8-12-21(26-6)13-9-19/h8-15,18H,7,16-17H2,1-6H3. The molecule has 3 nitrogen and oxygen atoms in total. The quantitative estimate of drug-likeness (QED) is 0.335. The zero-order chi connectivity index (χ0) is 20.8. The van der Waals surface area contributed by atoms with Gasteiger partial charge in [-0.3, -0.25) is 0 Å². The van der Waals surface area contributed by atoms with E-state index in [-0.39, 0.29) is 16.6 Å². The Morgan fingerprint density at radius 3 is 2.00 bits per heavy atom. The van der Waals surface area contributed by atoms with E-state index in [0.29, 0.717) is 6.61 Å². The Labute approximate surface area is 175 Å². The second-order valence-corrected chi connectivity index (χ2v) is 9.15. The molecule has 0 radical (unpaired) electrons. The molecule has 2 aromatic rings. The van der Waals surface area contributed by atoms with E-state index in [1.807, 2.05) is 43.3 Å². The minimum atomic E-state index is -0.354. The topological polar surface area (TPSA) is 27.7 Å². The third-order valence-corrected chi connectivity index (χ3v) is 5.31. The van der Waals surface area contributed by atoms with Crippen molar-refractivity contribution in [3.8, 4) is 11.5 Å². The van der Waals surface area contributed by atoms with Crippen LogP contribution in [0.5, 0.6) is 11.5 Å². The van der Waals surface area contributed by atoms with Gasteiger partial charge >= 0.3 is 0 Å². The van der Waals surface area contributed by atoms with Crippen LogP contribution < -0.4 is 9.47 Å². The highest BCUT2D eigenvalue weighted by Gasteiger charge is 2.32. The lowest BCUT2D eigenvalue weighted by molar-refractivity contribution is -0.0759. The summed E-state index contributed by atoms with van der Waals surface area (Å²) in [5.74, 6) is 1.61. The van der Waals surface area contributed by atoms with Gasteiger partial charge in [0, 0.05) is 0 Å². The Morgan fingerprint density at radius 1 is 0.929 bits per heavy atom. The van der Waals surface area contributed by atoms with Crippen molar-refractivity contribution >= 4 is 11.6 Å². The normalized spacial score (nSPS) is 15.0. The number of ether oxygens (including phenoxy) is 3. The molecule has 0 saturated heterocycles. The van der Waals surface area contributed by atoms with Gasteiger partial charge in [0.2, 0.25) is 0 Å². The predicted octanol–water partition coefficient (Wildman–Crippen LogP) is 6.92. The van der Waals surface area contributed by atoms with Crippen molar-refractivity contribution in [2.24, 2.45) is 5.41 Å². The van der Waals surface area contributed by atoms with Crippen LogP contribution in [-0.2, 0) is 16.2 Å². The van der Waals surface area contributed by atoms with E-state index in [9.17, 15) is 0 Å². The minimum Gasteiger partial charge on any atom is -0.497 e. The molecule has 0 bridgehead atoms. The van der Waals surface area contributed by atoms with Crippen molar-refractivity contribution in [1.82, 2.24) is 0 Å². The lowest BCUT2D eigenvalue weighted by Crippen LogP contribution is -2.25. The zero-order valence-electron chi connectivity index (χ0n) is 17.9. The van der Waals surface area contributed by atoms with Gasteiger partial charge in [0.15, 0.2) is 6.29 Å². The lowest BCUT2D eigenvalue weighted by atomic mass is 9.79. The Morgan fingerprint density at radius 2 is 1.50 bits per heavy atom. The molecule has 2 unspecified atom stereocenters. The van der Waals surface area contributed by atoms with Gasteiger partial charge in [-0.2, -0.15) is 0 Å². The second-order valence-electron chi connectivity index (χ2n) is 8.43. The summed E-state index contributed by atoms with van der Waals surface area (Å²) in [4.78, 5) is -0.354. The SMILES string of the molecule is CCC(Cl)(CC(C)(C)C)c1ccc(OC(C)OCc2ccc(OC)cc2)cc1. The number of rotatable bonds is 9. The van der Waals surface area contributed by atoms with E-state index in [1.54, 1.807) is 7.11 Å². The lowest BCUT2D eigenvalue weighted by Gasteiger charge is -2.33. The maximum Gasteiger partial charge on any atom is 0.197 e. The van der Waals surface area contributed by atoms with E-state index in [4.69, 9.17) is 25.8 Å². The number of methoxy groups -OCH3 is 1. The second kappa shape index (κ2) is 9.67. The van der Waals surface area contributed by atoms with Crippen LogP contribution in [-0.4, -0.2) is 13.4 Å². The Bertz CT molecular complexity index is 719. The van der Waals surface area contributed by atoms with Crippen LogP contribution >= 0.6 is 11.6 Å². The summed E-state index contributed by atoms with van der Waals surface area (Å²) < 4.78 is 16.9. The molecule has 2 rings (SSSR count). The first-order valence-electron chi connectivity index (χ1n) is 9.86. The first kappa shape index (κ1) is 22.6. The predicted molar refractivity (Wildman–Crippen MR) is 116 cm³/mol. The fourth-order valence-corrected chi connectivity index (χ4v) is 3.79. The van der Waals surface area contributed by atoms with E-state index < -0.39 is 0 Å². The van der Waals surface area contributed by atoms with Gasteiger partial charge in [-0.25, -0.2) is 0 Å². The van der Waals surface area contributed by atoms with Gasteiger partial charge in [0.1, 0.15) is 11.5 Å². The van der Waals surface area contributed by atoms with Crippen LogP contribution in [0, 0.1) is 5.41 Å². The average Bonchev–Trinajstić information content (AvgIpc) is 2.66. The van der Waals surface area contributed by atoms with Crippen LogP contribution in [0.1, 0.15) is 58.6 Å². The number of hydrogen-bond acceptors (Lipinski definition) is 3. The van der Waals surface area contributed by atoms with Gasteiger partial charge in [-0.05, 0) is 60.6 Å². The van der Waals surface area contributed by atoms with Crippen molar-refractivity contribution in [2.45, 2.75) is 65.2 Å². The van der Waals surface area contributed by atoms with Crippen LogP contribution in [0.25, 0.3) is 0 Å². The summed E-state index contributed by atoms with van der Waals surface area (Å²) in [7, 11) is 1.66. The van der Waals surface area contributed by atoms with Gasteiger partial charge in [-0.15, -0.1) is 11.6 Å². The molecule has 0 N–H and O–H groups in total. The van der Waals surface area contributed by atoms with E-state index in [1.165, 1.54) is 0 Å². The molecule has 2 atom stereocenters. The van der Waals surface area contributed by atoms with Crippen molar-refractivity contribution < 1.29 is 14.2 Å². The molecule has 0 fully saturated rings. The molecule has 0 aliphatic rings. The first-order chi connectivity index (χ1) is 13.1. The number of alkyl halides is 1. The van der Waals surface area contributed by atoms with Crippen molar-refractivity contribution in [3.05, 3.63) is 59.7 Å². The molecule has 0 amide bonds. The molecule has 0 aliphatic heterocycles. The number of halogens is 1. The first-order valence-corrected chi connectivity index (χ1v) is 10.2. The van der Waals surface area contributed by atoms with E-state index in [2.05, 4.69) is 39.8 Å². The van der Waals surface area contributed by atoms with Crippen molar-refractivity contribution in [2.75, 3.05) is 7.11 Å². The largest absolute Gasteiger partial charge is 0.497 e. The Kier molecular flexibility index (Phi) is 7.79. The molecular formula is C24H33ClO3.